The molecule has 1 heterocycles. The molecular formula is C14H16N2O2. The second kappa shape index (κ2) is 5.40. The van der Waals surface area contributed by atoms with E-state index in [9.17, 15) is 0 Å². The third-order valence-corrected chi connectivity index (χ3v) is 2.67. The van der Waals surface area contributed by atoms with Crippen LogP contribution in [0.2, 0.25) is 0 Å². The molecule has 1 aromatic heterocycles. The molecule has 0 aliphatic rings. The Labute approximate surface area is 106 Å². The minimum Gasteiger partial charge on any atom is -0.497 e. The number of aryl methyl sites for hydroxylation is 1. The van der Waals surface area contributed by atoms with Crippen molar-refractivity contribution in [2.45, 2.75) is 13.5 Å². The number of aromatic nitrogens is 1. The Hall–Kier alpha value is -2.23. The third-order valence-electron chi connectivity index (χ3n) is 2.67. The summed E-state index contributed by atoms with van der Waals surface area (Å²) in [5.74, 6) is 1.41. The van der Waals surface area contributed by atoms with Gasteiger partial charge in [0.05, 0.1) is 19.0 Å². The van der Waals surface area contributed by atoms with E-state index < -0.39 is 0 Å². The number of hydrogen-bond acceptors (Lipinski definition) is 4. The lowest BCUT2D eigenvalue weighted by atomic mass is 10.2. The van der Waals surface area contributed by atoms with E-state index in [0.29, 0.717) is 18.2 Å². The lowest BCUT2D eigenvalue weighted by molar-refractivity contribution is 0.293. The highest BCUT2D eigenvalue weighted by Gasteiger charge is 2.00. The first kappa shape index (κ1) is 12.2. The highest BCUT2D eigenvalue weighted by atomic mass is 16.5. The lowest BCUT2D eigenvalue weighted by Crippen LogP contribution is -1.99. The first-order valence-electron chi connectivity index (χ1n) is 5.67. The molecule has 0 atom stereocenters. The van der Waals surface area contributed by atoms with Crippen molar-refractivity contribution in [2.75, 3.05) is 12.8 Å². The summed E-state index contributed by atoms with van der Waals surface area (Å²) in [4.78, 5) is 4.12. The summed E-state index contributed by atoms with van der Waals surface area (Å²) >= 11 is 0. The molecule has 94 valence electrons. The Balaban J connectivity index is 1.99. The van der Waals surface area contributed by atoms with Gasteiger partial charge in [-0.25, -0.2) is 4.98 Å². The zero-order valence-electron chi connectivity index (χ0n) is 10.5. The fourth-order valence-corrected chi connectivity index (χ4v) is 1.50. The summed E-state index contributed by atoms with van der Waals surface area (Å²) in [6, 6.07) is 9.56. The van der Waals surface area contributed by atoms with Crippen molar-refractivity contribution in [1.82, 2.24) is 4.98 Å². The van der Waals surface area contributed by atoms with Gasteiger partial charge in [0.1, 0.15) is 12.4 Å². The molecule has 0 bridgehead atoms. The van der Waals surface area contributed by atoms with Gasteiger partial charge in [-0.1, -0.05) is 12.1 Å². The van der Waals surface area contributed by atoms with E-state index in [2.05, 4.69) is 4.98 Å². The Morgan fingerprint density at radius 1 is 1.22 bits per heavy atom. The predicted molar refractivity (Wildman–Crippen MR) is 70.7 cm³/mol. The molecule has 0 saturated carbocycles. The van der Waals surface area contributed by atoms with Crippen LogP contribution in [0.5, 0.6) is 11.6 Å². The molecule has 2 rings (SSSR count). The Kier molecular flexibility index (Phi) is 3.67. The van der Waals surface area contributed by atoms with Crippen molar-refractivity contribution < 1.29 is 9.47 Å². The molecule has 0 saturated heterocycles. The summed E-state index contributed by atoms with van der Waals surface area (Å²) < 4.78 is 10.7. The second-order valence-electron chi connectivity index (χ2n) is 4.02. The molecule has 2 N–H and O–H groups in total. The van der Waals surface area contributed by atoms with Crippen molar-refractivity contribution in [3.63, 3.8) is 0 Å². The van der Waals surface area contributed by atoms with Gasteiger partial charge in [0.15, 0.2) is 0 Å². The molecule has 0 fully saturated rings. The quantitative estimate of drug-likeness (QED) is 0.898. The maximum absolute atomic E-state index is 5.70. The Morgan fingerprint density at radius 3 is 2.56 bits per heavy atom. The van der Waals surface area contributed by atoms with Crippen LogP contribution in [-0.4, -0.2) is 12.1 Å². The molecule has 4 nitrogen and oxygen atoms in total. The molecule has 0 radical (unpaired) electrons. The number of hydrogen-bond donors (Lipinski definition) is 1. The van der Waals surface area contributed by atoms with E-state index in [1.165, 1.54) is 0 Å². The number of benzene rings is 1. The zero-order chi connectivity index (χ0) is 13.0. The van der Waals surface area contributed by atoms with Crippen molar-refractivity contribution in [3.8, 4) is 11.6 Å². The molecule has 18 heavy (non-hydrogen) atoms. The van der Waals surface area contributed by atoms with Crippen LogP contribution in [-0.2, 0) is 6.61 Å². The van der Waals surface area contributed by atoms with Crippen LogP contribution in [0.25, 0.3) is 0 Å². The Morgan fingerprint density at radius 2 is 1.94 bits per heavy atom. The molecule has 0 spiro atoms. The zero-order valence-corrected chi connectivity index (χ0v) is 10.5. The van der Waals surface area contributed by atoms with Gasteiger partial charge in [-0.05, 0) is 30.2 Å². The van der Waals surface area contributed by atoms with Gasteiger partial charge in [-0.15, -0.1) is 0 Å². The number of ether oxygens (including phenoxy) is 2. The number of anilines is 1. The van der Waals surface area contributed by atoms with E-state index in [0.717, 1.165) is 16.9 Å². The van der Waals surface area contributed by atoms with Gasteiger partial charge in [0.25, 0.3) is 0 Å². The van der Waals surface area contributed by atoms with Gasteiger partial charge < -0.3 is 15.2 Å². The van der Waals surface area contributed by atoms with Crippen molar-refractivity contribution in [3.05, 3.63) is 47.7 Å². The Bertz CT molecular complexity index is 524. The van der Waals surface area contributed by atoms with Gasteiger partial charge in [-0.3, -0.25) is 0 Å². The topological polar surface area (TPSA) is 57.4 Å². The van der Waals surface area contributed by atoms with E-state index in [1.54, 1.807) is 13.3 Å². The first-order chi connectivity index (χ1) is 8.69. The van der Waals surface area contributed by atoms with Crippen LogP contribution in [0, 0.1) is 6.92 Å². The smallest absolute Gasteiger partial charge is 0.213 e. The number of nitrogen functional groups attached to an aromatic ring is 1. The van der Waals surface area contributed by atoms with E-state index in [-0.39, 0.29) is 0 Å². The number of rotatable bonds is 4. The second-order valence-corrected chi connectivity index (χ2v) is 4.02. The van der Waals surface area contributed by atoms with Crippen LogP contribution in [0.1, 0.15) is 11.1 Å². The van der Waals surface area contributed by atoms with Crippen molar-refractivity contribution in [1.29, 1.82) is 0 Å². The van der Waals surface area contributed by atoms with Crippen LogP contribution in [0.3, 0.4) is 0 Å². The van der Waals surface area contributed by atoms with E-state index in [4.69, 9.17) is 15.2 Å². The number of pyridine rings is 1. The van der Waals surface area contributed by atoms with Crippen LogP contribution in [0.4, 0.5) is 5.69 Å². The molecule has 0 unspecified atom stereocenters. The monoisotopic (exact) mass is 244 g/mol. The number of nitrogens with zero attached hydrogens (tertiary/aromatic N) is 1. The fourth-order valence-electron chi connectivity index (χ4n) is 1.50. The average Bonchev–Trinajstić information content (AvgIpc) is 2.41. The summed E-state index contributed by atoms with van der Waals surface area (Å²) in [6.45, 7) is 2.40. The van der Waals surface area contributed by atoms with Gasteiger partial charge in [0.2, 0.25) is 5.88 Å². The van der Waals surface area contributed by atoms with Crippen LogP contribution in [0.15, 0.2) is 36.5 Å². The van der Waals surface area contributed by atoms with E-state index >= 15 is 0 Å². The minimum absolute atomic E-state index is 0.473. The molecule has 0 aliphatic carbocycles. The summed E-state index contributed by atoms with van der Waals surface area (Å²) in [6.07, 6.45) is 1.61. The van der Waals surface area contributed by atoms with Gasteiger partial charge in [0, 0.05) is 6.07 Å². The van der Waals surface area contributed by atoms with Crippen molar-refractivity contribution >= 4 is 5.69 Å². The van der Waals surface area contributed by atoms with Crippen LogP contribution < -0.4 is 15.2 Å². The van der Waals surface area contributed by atoms with Crippen molar-refractivity contribution in [2.24, 2.45) is 0 Å². The molecule has 4 heteroatoms. The normalized spacial score (nSPS) is 10.1. The summed E-state index contributed by atoms with van der Waals surface area (Å²) in [7, 11) is 1.65. The highest BCUT2D eigenvalue weighted by Crippen LogP contribution is 2.17. The number of nitrogens with two attached hydrogens (primary N) is 1. The minimum atomic E-state index is 0.473. The van der Waals surface area contributed by atoms with Gasteiger partial charge in [-0.2, -0.15) is 0 Å². The number of methoxy groups -OCH3 is 1. The maximum Gasteiger partial charge on any atom is 0.213 e. The first-order valence-corrected chi connectivity index (χ1v) is 5.67. The van der Waals surface area contributed by atoms with E-state index in [1.807, 2.05) is 37.3 Å². The average molecular weight is 244 g/mol. The standard InChI is InChI=1S/C14H16N2O2/c1-10-7-14(16-8-13(10)15)18-9-11-3-5-12(17-2)6-4-11/h3-8H,9,15H2,1-2H3. The molecular weight excluding hydrogens is 228 g/mol. The molecule has 0 aliphatic heterocycles. The predicted octanol–water partition coefficient (Wildman–Crippen LogP) is 2.56. The third kappa shape index (κ3) is 2.91. The molecule has 1 aromatic carbocycles. The summed E-state index contributed by atoms with van der Waals surface area (Å²) in [5.41, 5.74) is 8.40. The lowest BCUT2D eigenvalue weighted by Gasteiger charge is -2.07. The fraction of sp³-hybridized carbons (Fsp3) is 0.214. The molecule has 2 aromatic rings. The SMILES string of the molecule is COc1ccc(COc2cc(C)c(N)cn2)cc1. The maximum atomic E-state index is 5.70. The summed E-state index contributed by atoms with van der Waals surface area (Å²) in [5, 5.41) is 0. The van der Waals surface area contributed by atoms with Crippen LogP contribution >= 0.6 is 0 Å². The van der Waals surface area contributed by atoms with Gasteiger partial charge >= 0.3 is 0 Å². The largest absolute Gasteiger partial charge is 0.497 e. The molecule has 0 amide bonds. The highest BCUT2D eigenvalue weighted by molar-refractivity contribution is 5.45.